The van der Waals surface area contributed by atoms with Crippen LogP contribution in [0.4, 0.5) is 5.82 Å². The summed E-state index contributed by atoms with van der Waals surface area (Å²) in [5, 5.41) is 0.863. The van der Waals surface area contributed by atoms with Gasteiger partial charge in [0.1, 0.15) is 10.8 Å². The van der Waals surface area contributed by atoms with Gasteiger partial charge in [-0.05, 0) is 11.5 Å². The Morgan fingerprint density at radius 2 is 1.92 bits per heavy atom. The molecule has 0 fully saturated rings. The summed E-state index contributed by atoms with van der Waals surface area (Å²) in [6, 6.07) is 0. The van der Waals surface area contributed by atoms with Crippen molar-refractivity contribution in [1.82, 2.24) is 4.98 Å². The molecule has 0 saturated heterocycles. The van der Waals surface area contributed by atoms with Gasteiger partial charge < -0.3 is 5.73 Å². The van der Waals surface area contributed by atoms with E-state index in [4.69, 9.17) is 28.9 Å². The number of pyridine rings is 1. The minimum atomic E-state index is 0.283. The van der Waals surface area contributed by atoms with Crippen LogP contribution in [-0.2, 0) is 0 Å². The predicted octanol–water partition coefficient (Wildman–Crippen LogP) is 3.09. The second kappa shape index (κ2) is 3.50. The van der Waals surface area contributed by atoms with E-state index in [0.29, 0.717) is 16.0 Å². The lowest BCUT2D eigenvalue weighted by Crippen LogP contribution is -1.96. The lowest BCUT2D eigenvalue weighted by Gasteiger charge is -2.09. The Hall–Kier alpha value is -0.470. The molecular formula is C8H10Cl2N2. The maximum absolute atomic E-state index is 5.94. The topological polar surface area (TPSA) is 38.9 Å². The van der Waals surface area contributed by atoms with Gasteiger partial charge in [-0.3, -0.25) is 0 Å². The third-order valence-corrected chi connectivity index (χ3v) is 2.52. The molecule has 0 aliphatic carbocycles. The van der Waals surface area contributed by atoms with Gasteiger partial charge in [-0.2, -0.15) is 0 Å². The molecule has 1 aromatic rings. The summed E-state index contributed by atoms with van der Waals surface area (Å²) >= 11 is 11.7. The Morgan fingerprint density at radius 3 is 2.42 bits per heavy atom. The largest absolute Gasteiger partial charge is 0.382 e. The van der Waals surface area contributed by atoms with Gasteiger partial charge in [0.25, 0.3) is 0 Å². The van der Waals surface area contributed by atoms with Gasteiger partial charge in [0.15, 0.2) is 0 Å². The summed E-state index contributed by atoms with van der Waals surface area (Å²) in [5.41, 5.74) is 6.39. The molecule has 0 radical (unpaired) electrons. The number of hydrogen-bond acceptors (Lipinski definition) is 2. The van der Waals surface area contributed by atoms with Gasteiger partial charge in [0, 0.05) is 6.20 Å². The zero-order valence-corrected chi connectivity index (χ0v) is 8.45. The summed E-state index contributed by atoms with van der Waals surface area (Å²) in [6.07, 6.45) is 1.66. The third kappa shape index (κ3) is 1.65. The molecule has 0 bridgehead atoms. The highest BCUT2D eigenvalue weighted by Crippen LogP contribution is 2.32. The first-order valence-corrected chi connectivity index (χ1v) is 4.39. The fourth-order valence-electron chi connectivity index (χ4n) is 0.894. The van der Waals surface area contributed by atoms with Crippen molar-refractivity contribution in [3.05, 3.63) is 21.8 Å². The lowest BCUT2D eigenvalue weighted by atomic mass is 10.1. The van der Waals surface area contributed by atoms with E-state index in [1.807, 2.05) is 13.8 Å². The third-order valence-electron chi connectivity index (χ3n) is 1.64. The second-order valence-electron chi connectivity index (χ2n) is 2.88. The van der Waals surface area contributed by atoms with Crippen LogP contribution < -0.4 is 5.73 Å². The van der Waals surface area contributed by atoms with Crippen LogP contribution in [0.1, 0.15) is 25.3 Å². The molecule has 66 valence electrons. The van der Waals surface area contributed by atoms with Crippen molar-refractivity contribution in [3.8, 4) is 0 Å². The number of nitrogens with two attached hydrogens (primary N) is 1. The summed E-state index contributed by atoms with van der Waals surface area (Å²) in [7, 11) is 0. The van der Waals surface area contributed by atoms with Crippen LogP contribution in [0, 0.1) is 0 Å². The van der Waals surface area contributed by atoms with E-state index in [0.717, 1.165) is 5.56 Å². The van der Waals surface area contributed by atoms with E-state index in [9.17, 15) is 0 Å². The molecule has 4 heteroatoms. The Morgan fingerprint density at radius 1 is 1.33 bits per heavy atom. The first-order chi connectivity index (χ1) is 5.54. The maximum atomic E-state index is 5.94. The molecule has 0 aromatic carbocycles. The van der Waals surface area contributed by atoms with Crippen LogP contribution in [0.5, 0.6) is 0 Å². The number of halogens is 2. The molecule has 2 nitrogen and oxygen atoms in total. The first-order valence-electron chi connectivity index (χ1n) is 3.63. The number of anilines is 1. The average Bonchev–Trinajstić information content (AvgIpc) is 2.00. The zero-order chi connectivity index (χ0) is 9.30. The monoisotopic (exact) mass is 204 g/mol. The van der Waals surface area contributed by atoms with Crippen LogP contribution in [0.15, 0.2) is 6.20 Å². The fourth-order valence-corrected chi connectivity index (χ4v) is 1.42. The normalized spacial score (nSPS) is 10.8. The van der Waals surface area contributed by atoms with E-state index in [-0.39, 0.29) is 5.82 Å². The molecule has 12 heavy (non-hydrogen) atoms. The Balaban J connectivity index is 3.27. The molecule has 0 unspecified atom stereocenters. The second-order valence-corrected chi connectivity index (χ2v) is 3.64. The molecule has 0 aliphatic heterocycles. The minimum absolute atomic E-state index is 0.283. The van der Waals surface area contributed by atoms with Gasteiger partial charge in [0.2, 0.25) is 0 Å². The minimum Gasteiger partial charge on any atom is -0.382 e. The van der Waals surface area contributed by atoms with Crippen LogP contribution >= 0.6 is 23.2 Å². The van der Waals surface area contributed by atoms with Gasteiger partial charge in [-0.25, -0.2) is 4.98 Å². The van der Waals surface area contributed by atoms with Gasteiger partial charge in [-0.15, -0.1) is 0 Å². The standard InChI is InChI=1S/C8H10Cl2N2/c1-4(2)5-3-12-8(11)7(10)6(5)9/h3-4H,1-2H3,(H2,11,12). The van der Waals surface area contributed by atoms with Crippen molar-refractivity contribution in [2.75, 3.05) is 5.73 Å². The Kier molecular flexibility index (Phi) is 2.80. The maximum Gasteiger partial charge on any atom is 0.143 e. The number of hydrogen-bond donors (Lipinski definition) is 1. The molecular weight excluding hydrogens is 195 g/mol. The van der Waals surface area contributed by atoms with Crippen LogP contribution in [0.2, 0.25) is 10.0 Å². The van der Waals surface area contributed by atoms with Gasteiger partial charge in [-0.1, -0.05) is 37.0 Å². The average molecular weight is 205 g/mol. The lowest BCUT2D eigenvalue weighted by molar-refractivity contribution is 0.859. The number of nitrogen functional groups attached to an aromatic ring is 1. The summed E-state index contributed by atoms with van der Waals surface area (Å²) in [4.78, 5) is 3.92. The van der Waals surface area contributed by atoms with E-state index >= 15 is 0 Å². The van der Waals surface area contributed by atoms with Crippen molar-refractivity contribution >= 4 is 29.0 Å². The highest BCUT2D eigenvalue weighted by molar-refractivity contribution is 6.43. The van der Waals surface area contributed by atoms with Gasteiger partial charge in [0.05, 0.1) is 5.02 Å². The van der Waals surface area contributed by atoms with Crippen molar-refractivity contribution in [1.29, 1.82) is 0 Å². The van der Waals surface area contributed by atoms with E-state index in [1.165, 1.54) is 0 Å². The molecule has 2 N–H and O–H groups in total. The van der Waals surface area contributed by atoms with E-state index < -0.39 is 0 Å². The molecule has 0 atom stereocenters. The van der Waals surface area contributed by atoms with Gasteiger partial charge >= 0.3 is 0 Å². The Labute approximate surface area is 81.7 Å². The van der Waals surface area contributed by atoms with Crippen molar-refractivity contribution in [3.63, 3.8) is 0 Å². The highest BCUT2D eigenvalue weighted by Gasteiger charge is 2.11. The number of nitrogens with zero attached hydrogens (tertiary/aromatic N) is 1. The molecule has 0 aliphatic rings. The van der Waals surface area contributed by atoms with E-state index in [1.54, 1.807) is 6.20 Å². The SMILES string of the molecule is CC(C)c1cnc(N)c(Cl)c1Cl. The highest BCUT2D eigenvalue weighted by atomic mass is 35.5. The smallest absolute Gasteiger partial charge is 0.143 e. The predicted molar refractivity (Wildman–Crippen MR) is 52.8 cm³/mol. The first kappa shape index (κ1) is 9.62. The molecule has 0 saturated carbocycles. The molecule has 0 amide bonds. The quantitative estimate of drug-likeness (QED) is 0.764. The molecule has 1 aromatic heterocycles. The fraction of sp³-hybridized carbons (Fsp3) is 0.375. The number of rotatable bonds is 1. The molecule has 1 rings (SSSR count). The summed E-state index contributed by atoms with van der Waals surface area (Å²) in [6.45, 7) is 4.05. The molecule has 0 spiro atoms. The van der Waals surface area contributed by atoms with Crippen molar-refractivity contribution in [2.45, 2.75) is 19.8 Å². The van der Waals surface area contributed by atoms with E-state index in [2.05, 4.69) is 4.98 Å². The number of aromatic nitrogens is 1. The summed E-state index contributed by atoms with van der Waals surface area (Å²) in [5.74, 6) is 0.592. The Bertz CT molecular complexity index is 297. The van der Waals surface area contributed by atoms with Crippen molar-refractivity contribution < 1.29 is 0 Å². The van der Waals surface area contributed by atoms with Crippen LogP contribution in [-0.4, -0.2) is 4.98 Å². The zero-order valence-electron chi connectivity index (χ0n) is 6.94. The molecule has 1 heterocycles. The summed E-state index contributed by atoms with van der Waals surface area (Å²) < 4.78 is 0. The van der Waals surface area contributed by atoms with Crippen LogP contribution in [0.3, 0.4) is 0 Å². The van der Waals surface area contributed by atoms with Crippen LogP contribution in [0.25, 0.3) is 0 Å². The van der Waals surface area contributed by atoms with Crippen molar-refractivity contribution in [2.24, 2.45) is 0 Å².